The number of anilines is 4. The van der Waals surface area contributed by atoms with E-state index in [1.165, 1.54) is 6.33 Å². The first-order chi connectivity index (χ1) is 17.1. The third-order valence-electron chi connectivity index (χ3n) is 5.03. The first-order valence-corrected chi connectivity index (χ1v) is 10.8. The lowest BCUT2D eigenvalue weighted by molar-refractivity contribution is -0.383. The summed E-state index contributed by atoms with van der Waals surface area (Å²) >= 11 is 0. The minimum atomic E-state index is -0.550. The number of nitro groups is 1. The maximum atomic E-state index is 12.4. The van der Waals surface area contributed by atoms with Gasteiger partial charge in [-0.25, -0.2) is 19.7 Å². The summed E-state index contributed by atoms with van der Waals surface area (Å²) in [5, 5.41) is 15.2. The number of rotatable bonds is 9. The van der Waals surface area contributed by atoms with Crippen LogP contribution >= 0.6 is 0 Å². The lowest BCUT2D eigenvalue weighted by Crippen LogP contribution is -2.21. The van der Waals surface area contributed by atoms with Crippen molar-refractivity contribution in [1.82, 2.24) is 15.0 Å². The fraction of sp³-hybridized carbons (Fsp3) is 0.120. The van der Waals surface area contributed by atoms with Gasteiger partial charge in [0.05, 0.1) is 29.3 Å². The molecule has 2 aromatic heterocycles. The van der Waals surface area contributed by atoms with Crippen molar-refractivity contribution in [2.75, 3.05) is 16.8 Å². The van der Waals surface area contributed by atoms with Crippen molar-refractivity contribution in [2.24, 2.45) is 0 Å². The maximum Gasteiger partial charge on any atom is 0.354 e. The number of ether oxygens (including phenoxy) is 1. The first-order valence-electron chi connectivity index (χ1n) is 10.8. The smallest absolute Gasteiger partial charge is 0.354 e. The van der Waals surface area contributed by atoms with Gasteiger partial charge >= 0.3 is 11.7 Å². The average molecular weight is 470 g/mol. The van der Waals surface area contributed by atoms with Crippen LogP contribution in [0.25, 0.3) is 0 Å². The Kier molecular flexibility index (Phi) is 7.22. The summed E-state index contributed by atoms with van der Waals surface area (Å²) in [7, 11) is 0. The number of hydrogen-bond acceptors (Lipinski definition) is 9. The van der Waals surface area contributed by atoms with Crippen LogP contribution in [0.2, 0.25) is 0 Å². The number of hydrogen-bond donors (Lipinski definition) is 1. The van der Waals surface area contributed by atoms with E-state index in [0.717, 1.165) is 5.56 Å². The Labute approximate surface area is 201 Å². The molecule has 2 aromatic carbocycles. The zero-order valence-corrected chi connectivity index (χ0v) is 18.9. The molecule has 0 fully saturated rings. The minimum absolute atomic E-state index is 0.0590. The molecule has 0 aliphatic heterocycles. The topological polar surface area (TPSA) is 123 Å². The molecule has 0 atom stereocenters. The fourth-order valence-corrected chi connectivity index (χ4v) is 3.48. The van der Waals surface area contributed by atoms with Crippen LogP contribution in [0, 0.1) is 10.1 Å². The Hall–Kier alpha value is -4.86. The maximum absolute atomic E-state index is 12.4. The van der Waals surface area contributed by atoms with Crippen molar-refractivity contribution in [1.29, 1.82) is 0 Å². The van der Waals surface area contributed by atoms with Crippen LogP contribution in [0.3, 0.4) is 0 Å². The number of carbonyl (C=O) groups excluding carboxylic acids is 1. The average Bonchev–Trinajstić information content (AvgIpc) is 2.88. The predicted molar refractivity (Wildman–Crippen MR) is 131 cm³/mol. The summed E-state index contributed by atoms with van der Waals surface area (Å²) in [6.07, 6.45) is 2.84. The van der Waals surface area contributed by atoms with Gasteiger partial charge in [-0.05, 0) is 36.8 Å². The molecule has 1 N–H and O–H groups in total. The van der Waals surface area contributed by atoms with Gasteiger partial charge in [0.1, 0.15) is 12.1 Å². The van der Waals surface area contributed by atoms with Crippen LogP contribution in [0.4, 0.5) is 28.8 Å². The van der Waals surface area contributed by atoms with Crippen LogP contribution in [0.1, 0.15) is 22.8 Å². The second-order valence-electron chi connectivity index (χ2n) is 7.30. The van der Waals surface area contributed by atoms with Gasteiger partial charge in [-0.2, -0.15) is 0 Å². The molecule has 4 rings (SSSR count). The summed E-state index contributed by atoms with van der Waals surface area (Å²) in [6, 6.07) is 21.4. The molecule has 0 aliphatic carbocycles. The number of nitrogens with zero attached hydrogens (tertiary/aromatic N) is 5. The van der Waals surface area contributed by atoms with Crippen LogP contribution < -0.4 is 10.2 Å². The lowest BCUT2D eigenvalue weighted by Gasteiger charge is -2.23. The van der Waals surface area contributed by atoms with Crippen LogP contribution in [0.5, 0.6) is 0 Å². The molecule has 0 bridgehead atoms. The van der Waals surface area contributed by atoms with Crippen molar-refractivity contribution < 1.29 is 14.5 Å². The van der Waals surface area contributed by atoms with Gasteiger partial charge in [-0.3, -0.25) is 10.1 Å². The van der Waals surface area contributed by atoms with E-state index in [0.29, 0.717) is 11.5 Å². The predicted octanol–water partition coefficient (Wildman–Crippen LogP) is 5.04. The molecule has 0 saturated carbocycles. The Morgan fingerprint density at radius 2 is 1.74 bits per heavy atom. The van der Waals surface area contributed by atoms with Crippen molar-refractivity contribution in [2.45, 2.75) is 13.5 Å². The van der Waals surface area contributed by atoms with Gasteiger partial charge in [0.15, 0.2) is 0 Å². The van der Waals surface area contributed by atoms with Gasteiger partial charge in [-0.15, -0.1) is 0 Å². The Bertz CT molecular complexity index is 1320. The Morgan fingerprint density at radius 1 is 1.00 bits per heavy atom. The van der Waals surface area contributed by atoms with E-state index in [9.17, 15) is 14.9 Å². The molecule has 10 heteroatoms. The van der Waals surface area contributed by atoms with Gasteiger partial charge in [-0.1, -0.05) is 48.5 Å². The second kappa shape index (κ2) is 10.8. The summed E-state index contributed by atoms with van der Waals surface area (Å²) < 4.78 is 5.11. The van der Waals surface area contributed by atoms with Gasteiger partial charge in [0, 0.05) is 6.20 Å². The number of pyridine rings is 1. The quantitative estimate of drug-likeness (QED) is 0.203. The molecule has 4 aromatic rings. The highest BCUT2D eigenvalue weighted by molar-refractivity contribution is 5.97. The molecule has 35 heavy (non-hydrogen) atoms. The number of carbonyl (C=O) groups is 1. The third kappa shape index (κ3) is 5.38. The molecular weight excluding hydrogens is 448 g/mol. The molecular formula is C25H22N6O4. The van der Waals surface area contributed by atoms with E-state index in [2.05, 4.69) is 20.3 Å². The molecule has 0 radical (unpaired) electrons. The van der Waals surface area contributed by atoms with Crippen LogP contribution in [-0.2, 0) is 11.3 Å². The second-order valence-corrected chi connectivity index (χ2v) is 7.30. The van der Waals surface area contributed by atoms with Crippen LogP contribution in [0.15, 0.2) is 85.3 Å². The number of esters is 1. The van der Waals surface area contributed by atoms with E-state index in [-0.39, 0.29) is 36.0 Å². The van der Waals surface area contributed by atoms with Crippen LogP contribution in [-0.4, -0.2) is 32.5 Å². The molecule has 0 saturated heterocycles. The van der Waals surface area contributed by atoms with E-state index in [4.69, 9.17) is 4.74 Å². The molecule has 2 heterocycles. The highest BCUT2D eigenvalue weighted by Gasteiger charge is 2.29. The van der Waals surface area contributed by atoms with Crippen molar-refractivity contribution in [3.63, 3.8) is 0 Å². The Morgan fingerprint density at radius 3 is 2.46 bits per heavy atom. The standard InChI is InChI=1S/C25H22N6O4/c1-2-35-25(32)19-12-6-7-13-20(19)29-23-22(31(33)34)24(28-17-27-23)30(21-14-8-9-15-26-21)16-18-10-4-3-5-11-18/h3-15,17H,2,16H2,1H3,(H,27,28,29). The van der Waals surface area contributed by atoms with Crippen molar-refractivity contribution in [3.8, 4) is 0 Å². The fourth-order valence-electron chi connectivity index (χ4n) is 3.48. The SMILES string of the molecule is CCOC(=O)c1ccccc1Nc1ncnc(N(Cc2ccccc2)c2ccccn2)c1[N+](=O)[O-]. The summed E-state index contributed by atoms with van der Waals surface area (Å²) in [6.45, 7) is 2.19. The normalized spacial score (nSPS) is 10.4. The summed E-state index contributed by atoms with van der Waals surface area (Å²) in [5.41, 5.74) is 1.11. The van der Waals surface area contributed by atoms with E-state index < -0.39 is 10.9 Å². The molecule has 176 valence electrons. The highest BCUT2D eigenvalue weighted by Crippen LogP contribution is 2.37. The van der Waals surface area contributed by atoms with E-state index in [1.54, 1.807) is 60.5 Å². The van der Waals surface area contributed by atoms with Crippen molar-refractivity contribution >= 4 is 34.8 Å². The zero-order chi connectivity index (χ0) is 24.6. The van der Waals surface area contributed by atoms with Crippen molar-refractivity contribution in [3.05, 3.63) is 107 Å². The molecule has 10 nitrogen and oxygen atoms in total. The highest BCUT2D eigenvalue weighted by atomic mass is 16.6. The molecule has 0 amide bonds. The molecule has 0 aliphatic rings. The van der Waals surface area contributed by atoms with Gasteiger partial charge < -0.3 is 15.0 Å². The monoisotopic (exact) mass is 470 g/mol. The zero-order valence-electron chi connectivity index (χ0n) is 18.9. The lowest BCUT2D eigenvalue weighted by atomic mass is 10.1. The number of aromatic nitrogens is 3. The number of nitrogens with one attached hydrogen (secondary N) is 1. The molecule has 0 unspecified atom stereocenters. The molecule has 0 spiro atoms. The first kappa shape index (κ1) is 23.3. The number of para-hydroxylation sites is 1. The largest absolute Gasteiger partial charge is 0.462 e. The summed E-state index contributed by atoms with van der Waals surface area (Å²) in [4.78, 5) is 38.6. The number of benzene rings is 2. The van der Waals surface area contributed by atoms with Gasteiger partial charge in [0.2, 0.25) is 11.6 Å². The summed E-state index contributed by atoms with van der Waals surface area (Å²) in [5.74, 6) is -0.0721. The third-order valence-corrected chi connectivity index (χ3v) is 5.03. The van der Waals surface area contributed by atoms with E-state index >= 15 is 0 Å². The Balaban J connectivity index is 1.80. The van der Waals surface area contributed by atoms with Gasteiger partial charge in [0.25, 0.3) is 0 Å². The minimum Gasteiger partial charge on any atom is -0.462 e. The van der Waals surface area contributed by atoms with E-state index in [1.807, 2.05) is 30.3 Å².